The smallest absolute Gasteiger partial charge is 0.225 e. The molecule has 0 unspecified atom stereocenters. The van der Waals surface area contributed by atoms with Crippen LogP contribution in [0.2, 0.25) is 0 Å². The molecule has 0 fully saturated rings. The molecule has 0 aliphatic heterocycles. The highest BCUT2D eigenvalue weighted by molar-refractivity contribution is 5.93. The van der Waals surface area contributed by atoms with Crippen LogP contribution in [-0.4, -0.2) is 16.2 Å². The summed E-state index contributed by atoms with van der Waals surface area (Å²) in [7, 11) is 0. The quantitative estimate of drug-likeness (QED) is 0.935. The van der Waals surface area contributed by atoms with Crippen molar-refractivity contribution < 1.29 is 9.42 Å². The second-order valence-electron chi connectivity index (χ2n) is 5.45. The Balaban J connectivity index is 1.87. The highest BCUT2D eigenvalue weighted by Crippen LogP contribution is 2.29. The van der Waals surface area contributed by atoms with Crippen LogP contribution in [0.25, 0.3) is 11.3 Å². The summed E-state index contributed by atoms with van der Waals surface area (Å²) in [6, 6.07) is 6.32. The van der Waals surface area contributed by atoms with Gasteiger partial charge < -0.3 is 5.32 Å². The molecule has 2 aromatic rings. The van der Waals surface area contributed by atoms with Crippen molar-refractivity contribution in [3.05, 3.63) is 29.3 Å². The van der Waals surface area contributed by atoms with Gasteiger partial charge >= 0.3 is 0 Å². The molecule has 5 heteroatoms. The zero-order valence-electron chi connectivity index (χ0n) is 12.2. The second kappa shape index (κ2) is 6.08. The van der Waals surface area contributed by atoms with Gasteiger partial charge in [0.05, 0.1) is 0 Å². The molecule has 1 heterocycles. The van der Waals surface area contributed by atoms with Crippen LogP contribution in [-0.2, 0) is 17.6 Å². The van der Waals surface area contributed by atoms with Gasteiger partial charge in [-0.2, -0.15) is 0 Å². The number of anilines is 1. The van der Waals surface area contributed by atoms with Crippen molar-refractivity contribution in [3.8, 4) is 11.3 Å². The van der Waals surface area contributed by atoms with Crippen molar-refractivity contribution in [2.45, 2.75) is 45.4 Å². The first kappa shape index (κ1) is 13.8. The van der Waals surface area contributed by atoms with E-state index in [0.29, 0.717) is 17.9 Å². The number of hydrogen-bond donors (Lipinski definition) is 1. The molecular formula is C16H19N3O2. The number of carbonyl (C=O) groups excluding carboxylic acids is 1. The summed E-state index contributed by atoms with van der Waals surface area (Å²) >= 11 is 0. The lowest BCUT2D eigenvalue weighted by molar-refractivity contribution is -0.116. The van der Waals surface area contributed by atoms with Crippen molar-refractivity contribution in [1.82, 2.24) is 10.3 Å². The third-order valence-electron chi connectivity index (χ3n) is 3.85. The number of nitrogens with zero attached hydrogens (tertiary/aromatic N) is 2. The van der Waals surface area contributed by atoms with Gasteiger partial charge in [-0.25, -0.2) is 4.63 Å². The highest BCUT2D eigenvalue weighted by Gasteiger charge is 2.17. The molecule has 1 N–H and O–H groups in total. The van der Waals surface area contributed by atoms with Gasteiger partial charge in [-0.1, -0.05) is 19.1 Å². The van der Waals surface area contributed by atoms with E-state index in [1.54, 1.807) is 0 Å². The van der Waals surface area contributed by atoms with Crippen LogP contribution < -0.4 is 5.32 Å². The van der Waals surface area contributed by atoms with Crippen LogP contribution >= 0.6 is 0 Å². The molecule has 0 saturated heterocycles. The van der Waals surface area contributed by atoms with Gasteiger partial charge in [0.25, 0.3) is 0 Å². The van der Waals surface area contributed by atoms with Crippen LogP contribution in [0.4, 0.5) is 5.82 Å². The summed E-state index contributed by atoms with van der Waals surface area (Å²) in [6.45, 7) is 1.96. The Labute approximate surface area is 123 Å². The molecule has 3 rings (SSSR count). The fraction of sp³-hybridized carbons (Fsp3) is 0.438. The van der Waals surface area contributed by atoms with Crippen molar-refractivity contribution >= 4 is 11.7 Å². The minimum Gasteiger partial charge on any atom is -0.306 e. The van der Waals surface area contributed by atoms with Crippen LogP contribution in [0.15, 0.2) is 22.8 Å². The lowest BCUT2D eigenvalue weighted by Crippen LogP contribution is -2.11. The first-order valence-corrected chi connectivity index (χ1v) is 7.52. The fourth-order valence-corrected chi connectivity index (χ4v) is 2.76. The number of aryl methyl sites for hydroxylation is 2. The monoisotopic (exact) mass is 285 g/mol. The van der Waals surface area contributed by atoms with Gasteiger partial charge in [-0.3, -0.25) is 4.79 Å². The Hall–Kier alpha value is -2.17. The Morgan fingerprint density at radius 2 is 2.05 bits per heavy atom. The molecule has 21 heavy (non-hydrogen) atoms. The third kappa shape index (κ3) is 2.96. The maximum absolute atomic E-state index is 11.7. The van der Waals surface area contributed by atoms with Crippen molar-refractivity contribution in [2.75, 3.05) is 5.32 Å². The summed E-state index contributed by atoms with van der Waals surface area (Å²) in [6.07, 6.45) is 6.00. The molecule has 0 bridgehead atoms. The summed E-state index contributed by atoms with van der Waals surface area (Å²) in [5.41, 5.74) is 4.34. The summed E-state index contributed by atoms with van der Waals surface area (Å²) in [5, 5.41) is 10.5. The van der Waals surface area contributed by atoms with Crippen molar-refractivity contribution in [1.29, 1.82) is 0 Å². The Morgan fingerprint density at radius 3 is 2.86 bits per heavy atom. The lowest BCUT2D eigenvalue weighted by atomic mass is 9.90. The average Bonchev–Trinajstić information content (AvgIpc) is 2.95. The number of rotatable bonds is 4. The summed E-state index contributed by atoms with van der Waals surface area (Å²) < 4.78 is 4.81. The predicted molar refractivity (Wildman–Crippen MR) is 79.9 cm³/mol. The van der Waals surface area contributed by atoms with E-state index in [9.17, 15) is 4.79 Å². The maximum atomic E-state index is 11.7. The molecule has 1 aliphatic carbocycles. The van der Waals surface area contributed by atoms with E-state index in [2.05, 4.69) is 27.8 Å². The highest BCUT2D eigenvalue weighted by atomic mass is 16.6. The van der Waals surface area contributed by atoms with Crippen LogP contribution in [0, 0.1) is 0 Å². The number of nitrogens with one attached hydrogen (secondary N) is 1. The first-order chi connectivity index (χ1) is 10.3. The Bertz CT molecular complexity index is 649. The number of amides is 1. The van der Waals surface area contributed by atoms with E-state index in [1.807, 2.05) is 13.0 Å². The first-order valence-electron chi connectivity index (χ1n) is 7.52. The van der Waals surface area contributed by atoms with E-state index >= 15 is 0 Å². The molecule has 0 radical (unpaired) electrons. The van der Waals surface area contributed by atoms with E-state index in [0.717, 1.165) is 24.8 Å². The minimum absolute atomic E-state index is 0.0626. The molecule has 5 nitrogen and oxygen atoms in total. The van der Waals surface area contributed by atoms with Crippen LogP contribution in [0.3, 0.4) is 0 Å². The Kier molecular flexibility index (Phi) is 3.99. The van der Waals surface area contributed by atoms with Crippen molar-refractivity contribution in [2.24, 2.45) is 0 Å². The van der Waals surface area contributed by atoms with Gasteiger partial charge in [0.1, 0.15) is 0 Å². The SMILES string of the molecule is CCCC(=O)Nc1nonc1-c1ccc2c(c1)CCCC2. The van der Waals surface area contributed by atoms with E-state index < -0.39 is 0 Å². The number of aromatic nitrogens is 2. The third-order valence-corrected chi connectivity index (χ3v) is 3.85. The van der Waals surface area contributed by atoms with Gasteiger partial charge in [0, 0.05) is 12.0 Å². The lowest BCUT2D eigenvalue weighted by Gasteiger charge is -2.16. The van der Waals surface area contributed by atoms with E-state index in [1.165, 1.54) is 24.0 Å². The molecule has 0 spiro atoms. The molecule has 0 atom stereocenters. The minimum atomic E-state index is -0.0626. The molecule has 0 saturated carbocycles. The van der Waals surface area contributed by atoms with E-state index in [4.69, 9.17) is 4.63 Å². The molecule has 1 aliphatic rings. The summed E-state index contributed by atoms with van der Waals surface area (Å²) in [4.78, 5) is 11.7. The molecular weight excluding hydrogens is 266 g/mol. The molecule has 1 aromatic carbocycles. The normalized spacial score (nSPS) is 13.8. The average molecular weight is 285 g/mol. The Morgan fingerprint density at radius 1 is 1.24 bits per heavy atom. The van der Waals surface area contributed by atoms with Gasteiger partial charge in [0.15, 0.2) is 5.69 Å². The van der Waals surface area contributed by atoms with Gasteiger partial charge in [-0.05, 0) is 59.6 Å². The van der Waals surface area contributed by atoms with Gasteiger partial charge in [0.2, 0.25) is 11.7 Å². The topological polar surface area (TPSA) is 68.0 Å². The standard InChI is InChI=1S/C16H19N3O2/c1-2-5-14(20)17-16-15(18-21-19-16)13-9-8-11-6-3-4-7-12(11)10-13/h8-10H,2-7H2,1H3,(H,17,19,20). The fourth-order valence-electron chi connectivity index (χ4n) is 2.76. The van der Waals surface area contributed by atoms with E-state index in [-0.39, 0.29) is 5.91 Å². The van der Waals surface area contributed by atoms with Crippen LogP contribution in [0.1, 0.15) is 43.7 Å². The number of fused-ring (bicyclic) bond motifs is 1. The number of carbonyl (C=O) groups is 1. The molecule has 1 amide bonds. The predicted octanol–water partition coefficient (Wildman–Crippen LogP) is 3.35. The number of benzene rings is 1. The maximum Gasteiger partial charge on any atom is 0.225 e. The van der Waals surface area contributed by atoms with Crippen LogP contribution in [0.5, 0.6) is 0 Å². The number of hydrogen-bond acceptors (Lipinski definition) is 4. The zero-order chi connectivity index (χ0) is 14.7. The largest absolute Gasteiger partial charge is 0.306 e. The molecule has 110 valence electrons. The zero-order valence-corrected chi connectivity index (χ0v) is 12.2. The van der Waals surface area contributed by atoms with Gasteiger partial charge in [-0.15, -0.1) is 0 Å². The molecule has 1 aromatic heterocycles. The second-order valence-corrected chi connectivity index (χ2v) is 5.45. The van der Waals surface area contributed by atoms with Crippen molar-refractivity contribution in [3.63, 3.8) is 0 Å². The summed E-state index contributed by atoms with van der Waals surface area (Å²) in [5.74, 6) is 0.344.